The second-order valence-corrected chi connectivity index (χ2v) is 3.69. The minimum Gasteiger partial charge on any atom is -0.380 e. The molecule has 0 atom stereocenters. The maximum absolute atomic E-state index is 12.9. The number of halogens is 2. The van der Waals surface area contributed by atoms with Crippen molar-refractivity contribution in [2.45, 2.75) is 0 Å². The Morgan fingerprint density at radius 3 is 2.73 bits per heavy atom. The number of hydrogen-bond donors (Lipinski definition) is 2. The molecule has 0 radical (unpaired) electrons. The molecule has 7 heteroatoms. The topological polar surface area (TPSA) is 62.0 Å². The van der Waals surface area contributed by atoms with Crippen LogP contribution in [0.4, 0.5) is 10.1 Å². The Labute approximate surface area is 93.1 Å². The smallest absolute Gasteiger partial charge is 0.176 e. The number of anilines is 1. The molecule has 0 spiro atoms. The molecule has 0 bridgehead atoms. The van der Waals surface area contributed by atoms with Crippen LogP contribution in [0.25, 0.3) is 0 Å². The average Bonchev–Trinajstić information content (AvgIpc) is 2.52. The van der Waals surface area contributed by atoms with E-state index < -0.39 is 0 Å². The molecule has 1 heterocycles. The van der Waals surface area contributed by atoms with E-state index in [1.54, 1.807) is 0 Å². The van der Waals surface area contributed by atoms with E-state index in [9.17, 15) is 4.39 Å². The summed E-state index contributed by atoms with van der Waals surface area (Å²) in [6.07, 6.45) is 1.36. The van der Waals surface area contributed by atoms with Gasteiger partial charge in [-0.2, -0.15) is 5.06 Å². The van der Waals surface area contributed by atoms with Gasteiger partial charge in [0.05, 0.1) is 16.4 Å². The van der Waals surface area contributed by atoms with E-state index in [0.29, 0.717) is 15.4 Å². The van der Waals surface area contributed by atoms with Crippen LogP contribution in [0.3, 0.4) is 0 Å². The molecule has 0 aliphatic carbocycles. The van der Waals surface area contributed by atoms with E-state index in [4.69, 9.17) is 15.9 Å². The van der Waals surface area contributed by atoms with E-state index in [-0.39, 0.29) is 11.6 Å². The number of nitrogens with zero attached hydrogens (tertiary/aromatic N) is 2. The Bertz CT molecular complexity index is 426. The van der Waals surface area contributed by atoms with E-state index in [0.717, 1.165) is 0 Å². The van der Waals surface area contributed by atoms with Gasteiger partial charge in [0.1, 0.15) is 5.82 Å². The third-order valence-corrected chi connectivity index (χ3v) is 2.40. The first-order valence-corrected chi connectivity index (χ1v) is 4.76. The number of hydrogen-bond acceptors (Lipinski definition) is 5. The molecular weight excluding hydrogens is 269 g/mol. The molecule has 1 aliphatic heterocycles. The summed E-state index contributed by atoms with van der Waals surface area (Å²) in [4.78, 5) is 4.82. The fourth-order valence-electron chi connectivity index (χ4n) is 1.07. The lowest BCUT2D eigenvalue weighted by Gasteiger charge is -2.15. The lowest BCUT2D eigenvalue weighted by molar-refractivity contribution is -0.304. The molecule has 0 saturated carbocycles. The summed E-state index contributed by atoms with van der Waals surface area (Å²) in [7, 11) is 0. The molecule has 3 N–H and O–H groups in total. The molecule has 0 fully saturated rings. The fourth-order valence-corrected chi connectivity index (χ4v) is 1.43. The predicted octanol–water partition coefficient (Wildman–Crippen LogP) is 1.70. The van der Waals surface area contributed by atoms with Crippen LogP contribution in [0.15, 0.2) is 34.7 Å². The van der Waals surface area contributed by atoms with Crippen LogP contribution in [-0.4, -0.2) is 10.4 Å². The zero-order chi connectivity index (χ0) is 11.0. The van der Waals surface area contributed by atoms with Gasteiger partial charge in [-0.15, -0.1) is 4.94 Å². The quantitative estimate of drug-likeness (QED) is 0.817. The highest BCUT2D eigenvalue weighted by molar-refractivity contribution is 9.10. The number of rotatable bonds is 1. The van der Waals surface area contributed by atoms with Crippen molar-refractivity contribution in [2.75, 3.05) is 5.06 Å². The average molecular weight is 276 g/mol. The molecule has 80 valence electrons. The van der Waals surface area contributed by atoms with Gasteiger partial charge in [0.25, 0.3) is 0 Å². The van der Waals surface area contributed by atoms with E-state index in [1.807, 2.05) is 0 Å². The lowest BCUT2D eigenvalue weighted by Crippen LogP contribution is -2.22. The standard InChI is InChI=1S/C8H7BrFN3O2/c9-6-3-5(1-2-7(6)10)12-4-8(11)13(14)15-12/h1-4,14H,11H2. The zero-order valence-electron chi connectivity index (χ0n) is 7.39. The van der Waals surface area contributed by atoms with Gasteiger partial charge in [-0.25, -0.2) is 4.39 Å². The minimum absolute atomic E-state index is 0.0375. The van der Waals surface area contributed by atoms with Crippen LogP contribution in [-0.2, 0) is 4.94 Å². The van der Waals surface area contributed by atoms with Crippen molar-refractivity contribution in [3.05, 3.63) is 40.5 Å². The zero-order valence-corrected chi connectivity index (χ0v) is 8.98. The van der Waals surface area contributed by atoms with Gasteiger partial charge in [-0.1, -0.05) is 5.23 Å². The van der Waals surface area contributed by atoms with Crippen molar-refractivity contribution in [3.8, 4) is 0 Å². The van der Waals surface area contributed by atoms with Gasteiger partial charge in [-0.3, -0.25) is 5.21 Å². The summed E-state index contributed by atoms with van der Waals surface area (Å²) >= 11 is 3.04. The monoisotopic (exact) mass is 275 g/mol. The number of hydroxylamine groups is 3. The maximum atomic E-state index is 12.9. The summed E-state index contributed by atoms with van der Waals surface area (Å²) in [5.74, 6) is -0.341. The Kier molecular flexibility index (Phi) is 2.51. The Balaban J connectivity index is 2.28. The van der Waals surface area contributed by atoms with Crippen molar-refractivity contribution >= 4 is 21.6 Å². The van der Waals surface area contributed by atoms with Crippen molar-refractivity contribution in [1.29, 1.82) is 0 Å². The second kappa shape index (κ2) is 3.69. The fraction of sp³-hybridized carbons (Fsp3) is 0. The van der Waals surface area contributed by atoms with Gasteiger partial charge in [-0.05, 0) is 34.1 Å². The summed E-state index contributed by atoms with van der Waals surface area (Å²) in [6, 6.07) is 4.26. The minimum atomic E-state index is -0.379. The van der Waals surface area contributed by atoms with Crippen LogP contribution in [0.5, 0.6) is 0 Å². The van der Waals surface area contributed by atoms with Gasteiger partial charge < -0.3 is 5.73 Å². The van der Waals surface area contributed by atoms with E-state index >= 15 is 0 Å². The molecule has 1 aromatic rings. The van der Waals surface area contributed by atoms with Crippen LogP contribution in [0, 0.1) is 5.82 Å². The molecule has 0 aromatic heterocycles. The van der Waals surface area contributed by atoms with Crippen LogP contribution in [0.1, 0.15) is 0 Å². The van der Waals surface area contributed by atoms with Gasteiger partial charge >= 0.3 is 0 Å². The molecule has 0 saturated heterocycles. The lowest BCUT2D eigenvalue weighted by atomic mass is 10.3. The van der Waals surface area contributed by atoms with Crippen molar-refractivity contribution in [2.24, 2.45) is 5.73 Å². The second-order valence-electron chi connectivity index (χ2n) is 2.83. The highest BCUT2D eigenvalue weighted by Gasteiger charge is 2.20. The van der Waals surface area contributed by atoms with Gasteiger partial charge in [0.15, 0.2) is 5.82 Å². The first-order chi connectivity index (χ1) is 7.08. The van der Waals surface area contributed by atoms with E-state index in [1.165, 1.54) is 29.5 Å². The summed E-state index contributed by atoms with van der Waals surface area (Å²) < 4.78 is 13.2. The van der Waals surface area contributed by atoms with Crippen LogP contribution in [0.2, 0.25) is 0 Å². The normalized spacial score (nSPS) is 15.8. The largest absolute Gasteiger partial charge is 0.380 e. The SMILES string of the molecule is NC1=CN(c2ccc(F)c(Br)c2)ON1O. The maximum Gasteiger partial charge on any atom is 0.176 e. The molecular formula is C8H7BrFN3O2. The summed E-state index contributed by atoms with van der Waals surface area (Å²) in [5, 5.41) is 10.7. The first-order valence-electron chi connectivity index (χ1n) is 3.96. The van der Waals surface area contributed by atoms with Gasteiger partial charge in [0.2, 0.25) is 0 Å². The molecule has 0 amide bonds. The Morgan fingerprint density at radius 1 is 1.47 bits per heavy atom. The first kappa shape index (κ1) is 10.2. The third kappa shape index (κ3) is 1.89. The predicted molar refractivity (Wildman–Crippen MR) is 53.6 cm³/mol. The molecule has 2 rings (SSSR count). The highest BCUT2D eigenvalue weighted by atomic mass is 79.9. The molecule has 15 heavy (non-hydrogen) atoms. The molecule has 0 unspecified atom stereocenters. The van der Waals surface area contributed by atoms with Crippen LogP contribution >= 0.6 is 15.9 Å². The van der Waals surface area contributed by atoms with Gasteiger partial charge in [0, 0.05) is 0 Å². The number of nitrogens with two attached hydrogens (primary N) is 1. The summed E-state index contributed by atoms with van der Waals surface area (Å²) in [5.41, 5.74) is 5.89. The van der Waals surface area contributed by atoms with Crippen LogP contribution < -0.4 is 10.8 Å². The highest BCUT2D eigenvalue weighted by Crippen LogP contribution is 2.26. The van der Waals surface area contributed by atoms with E-state index in [2.05, 4.69) is 15.9 Å². The molecule has 1 aliphatic rings. The number of benzene rings is 1. The Hall–Kier alpha value is -1.31. The molecule has 5 nitrogen and oxygen atoms in total. The third-order valence-electron chi connectivity index (χ3n) is 1.79. The molecule has 1 aromatic carbocycles. The summed E-state index contributed by atoms with van der Waals surface area (Å²) in [6.45, 7) is 0. The Morgan fingerprint density at radius 2 is 2.20 bits per heavy atom. The van der Waals surface area contributed by atoms with Crippen molar-refractivity contribution < 1.29 is 14.5 Å². The van der Waals surface area contributed by atoms with Crippen molar-refractivity contribution in [1.82, 2.24) is 5.23 Å². The van der Waals surface area contributed by atoms with Crippen molar-refractivity contribution in [3.63, 3.8) is 0 Å².